The van der Waals surface area contributed by atoms with E-state index in [1.165, 1.54) is 11.6 Å². The van der Waals surface area contributed by atoms with E-state index in [4.69, 9.17) is 0 Å². The van der Waals surface area contributed by atoms with Crippen LogP contribution in [-0.2, 0) is 12.8 Å². The van der Waals surface area contributed by atoms with Crippen molar-refractivity contribution in [3.63, 3.8) is 0 Å². The molecule has 2 heterocycles. The molecule has 0 unspecified atom stereocenters. The predicted molar refractivity (Wildman–Crippen MR) is 104 cm³/mol. The fraction of sp³-hybridized carbons (Fsp3) is 0.182. The number of halogens is 1. The van der Waals surface area contributed by atoms with E-state index in [1.54, 1.807) is 30.6 Å². The summed E-state index contributed by atoms with van der Waals surface area (Å²) in [4.78, 5) is 18.9. The third kappa shape index (κ3) is 3.67. The summed E-state index contributed by atoms with van der Waals surface area (Å²) in [5.41, 5.74) is 4.47. The van der Waals surface area contributed by atoms with Gasteiger partial charge in [-0.2, -0.15) is 0 Å². The van der Waals surface area contributed by atoms with Gasteiger partial charge in [-0.05, 0) is 42.2 Å². The Morgan fingerprint density at radius 2 is 1.93 bits per heavy atom. The van der Waals surface area contributed by atoms with E-state index in [0.717, 1.165) is 24.3 Å². The van der Waals surface area contributed by atoms with Crippen molar-refractivity contribution in [3.8, 4) is 0 Å². The number of anilines is 2. The lowest BCUT2D eigenvalue weighted by Gasteiger charge is -2.19. The summed E-state index contributed by atoms with van der Waals surface area (Å²) in [5, 5.41) is 2.85. The molecule has 0 bridgehead atoms. The van der Waals surface area contributed by atoms with Gasteiger partial charge in [0.05, 0.1) is 17.4 Å². The van der Waals surface area contributed by atoms with Gasteiger partial charge in [0.15, 0.2) is 0 Å². The molecule has 0 radical (unpaired) electrons. The summed E-state index contributed by atoms with van der Waals surface area (Å²) < 4.78 is 13.7. The van der Waals surface area contributed by atoms with Crippen LogP contribution in [0.2, 0.25) is 0 Å². The molecule has 136 valence electrons. The molecule has 0 spiro atoms. The number of fused-ring (bicyclic) bond motifs is 1. The summed E-state index contributed by atoms with van der Waals surface area (Å²) in [6.45, 7) is 1.25. The number of pyridine rings is 1. The van der Waals surface area contributed by atoms with E-state index in [2.05, 4.69) is 27.3 Å². The van der Waals surface area contributed by atoms with Crippen molar-refractivity contribution in [2.24, 2.45) is 0 Å². The first kappa shape index (κ1) is 17.2. The van der Waals surface area contributed by atoms with Crippen molar-refractivity contribution in [2.75, 3.05) is 18.0 Å². The zero-order chi connectivity index (χ0) is 18.6. The number of benzene rings is 2. The minimum Gasteiger partial charge on any atom is -0.352 e. The second-order valence-electron chi connectivity index (χ2n) is 6.56. The van der Waals surface area contributed by atoms with Crippen molar-refractivity contribution in [1.29, 1.82) is 0 Å². The standard InChI is InChI=1S/C22H20FN3O/c23-20-7-3-1-5-16(20)9-11-25-22(27)18-13-19(15-24-14-18)26-12-10-17-6-2-4-8-21(17)26/h1-8,13-15H,9-12H2,(H,25,27). The highest BCUT2D eigenvalue weighted by molar-refractivity contribution is 5.95. The second kappa shape index (κ2) is 7.58. The average Bonchev–Trinajstić information content (AvgIpc) is 3.14. The number of amides is 1. The minimum absolute atomic E-state index is 0.201. The molecular weight excluding hydrogens is 341 g/mol. The monoisotopic (exact) mass is 361 g/mol. The van der Waals surface area contributed by atoms with Crippen LogP contribution in [0.5, 0.6) is 0 Å². The van der Waals surface area contributed by atoms with Crippen LogP contribution in [-0.4, -0.2) is 24.0 Å². The molecule has 0 saturated heterocycles. The first-order valence-corrected chi connectivity index (χ1v) is 9.04. The molecule has 0 saturated carbocycles. The lowest BCUT2D eigenvalue weighted by molar-refractivity contribution is 0.0953. The number of nitrogens with one attached hydrogen (secondary N) is 1. The summed E-state index contributed by atoms with van der Waals surface area (Å²) in [5.74, 6) is -0.448. The van der Waals surface area contributed by atoms with Gasteiger partial charge in [-0.15, -0.1) is 0 Å². The van der Waals surface area contributed by atoms with Crippen LogP contribution in [0.1, 0.15) is 21.5 Å². The Kier molecular flexibility index (Phi) is 4.83. The summed E-state index contributed by atoms with van der Waals surface area (Å²) >= 11 is 0. The van der Waals surface area contributed by atoms with Gasteiger partial charge in [0.25, 0.3) is 5.91 Å². The Morgan fingerprint density at radius 1 is 1.11 bits per heavy atom. The molecule has 5 heteroatoms. The molecule has 2 aromatic carbocycles. The number of para-hydroxylation sites is 1. The molecule has 27 heavy (non-hydrogen) atoms. The van der Waals surface area contributed by atoms with Gasteiger partial charge < -0.3 is 10.2 Å². The van der Waals surface area contributed by atoms with Crippen LogP contribution in [0.15, 0.2) is 67.0 Å². The highest BCUT2D eigenvalue weighted by atomic mass is 19.1. The average molecular weight is 361 g/mol. The number of hydrogen-bond acceptors (Lipinski definition) is 3. The maximum Gasteiger partial charge on any atom is 0.252 e. The lowest BCUT2D eigenvalue weighted by atomic mass is 10.1. The SMILES string of the molecule is O=C(NCCc1ccccc1F)c1cncc(N2CCc3ccccc32)c1. The maximum atomic E-state index is 13.7. The molecule has 3 aromatic rings. The third-order valence-corrected chi connectivity index (χ3v) is 4.82. The van der Waals surface area contributed by atoms with Crippen molar-refractivity contribution in [2.45, 2.75) is 12.8 Å². The highest BCUT2D eigenvalue weighted by Gasteiger charge is 2.20. The Hall–Kier alpha value is -3.21. The highest BCUT2D eigenvalue weighted by Crippen LogP contribution is 2.34. The molecule has 1 amide bonds. The van der Waals surface area contributed by atoms with Gasteiger partial charge in [-0.3, -0.25) is 9.78 Å². The van der Waals surface area contributed by atoms with Crippen LogP contribution in [0.4, 0.5) is 15.8 Å². The lowest BCUT2D eigenvalue weighted by Crippen LogP contribution is -2.26. The number of rotatable bonds is 5. The molecule has 0 atom stereocenters. The van der Waals surface area contributed by atoms with Gasteiger partial charge >= 0.3 is 0 Å². The van der Waals surface area contributed by atoms with Crippen LogP contribution >= 0.6 is 0 Å². The van der Waals surface area contributed by atoms with Gasteiger partial charge in [0.1, 0.15) is 5.82 Å². The van der Waals surface area contributed by atoms with Crippen LogP contribution in [0, 0.1) is 5.82 Å². The van der Waals surface area contributed by atoms with Crippen LogP contribution < -0.4 is 10.2 Å². The van der Waals surface area contributed by atoms with Crippen molar-refractivity contribution in [1.82, 2.24) is 10.3 Å². The Labute approximate surface area is 157 Å². The Balaban J connectivity index is 1.43. The molecule has 1 N–H and O–H groups in total. The summed E-state index contributed by atoms with van der Waals surface area (Å²) in [6, 6.07) is 16.7. The fourth-order valence-corrected chi connectivity index (χ4v) is 3.42. The second-order valence-corrected chi connectivity index (χ2v) is 6.56. The predicted octanol–water partition coefficient (Wildman–Crippen LogP) is 3.89. The molecule has 1 aromatic heterocycles. The smallest absolute Gasteiger partial charge is 0.252 e. The normalized spacial score (nSPS) is 12.7. The van der Waals surface area contributed by atoms with Gasteiger partial charge in [-0.1, -0.05) is 36.4 Å². The molecule has 0 fully saturated rings. The van der Waals surface area contributed by atoms with E-state index < -0.39 is 0 Å². The molecule has 1 aliphatic rings. The quantitative estimate of drug-likeness (QED) is 0.750. The van der Waals surface area contributed by atoms with Gasteiger partial charge in [0, 0.05) is 25.0 Å². The molecule has 4 rings (SSSR count). The summed E-state index contributed by atoms with van der Waals surface area (Å²) in [6.07, 6.45) is 4.77. The number of aromatic nitrogens is 1. The van der Waals surface area contributed by atoms with E-state index in [-0.39, 0.29) is 11.7 Å². The minimum atomic E-state index is -0.247. The number of hydrogen-bond donors (Lipinski definition) is 1. The maximum absolute atomic E-state index is 13.7. The Bertz CT molecular complexity index is 973. The molecule has 4 nitrogen and oxygen atoms in total. The number of carbonyl (C=O) groups is 1. The zero-order valence-corrected chi connectivity index (χ0v) is 14.9. The topological polar surface area (TPSA) is 45.2 Å². The van der Waals surface area contributed by atoms with Gasteiger partial charge in [0.2, 0.25) is 0 Å². The zero-order valence-electron chi connectivity index (χ0n) is 14.9. The molecular formula is C22H20FN3O. The Morgan fingerprint density at radius 3 is 2.81 bits per heavy atom. The van der Waals surface area contributed by atoms with Crippen molar-refractivity contribution in [3.05, 3.63) is 89.5 Å². The number of nitrogens with zero attached hydrogens (tertiary/aromatic N) is 2. The van der Waals surface area contributed by atoms with Crippen molar-refractivity contribution >= 4 is 17.3 Å². The van der Waals surface area contributed by atoms with Crippen LogP contribution in [0.3, 0.4) is 0 Å². The fourth-order valence-electron chi connectivity index (χ4n) is 3.42. The number of carbonyl (C=O) groups excluding carboxylic acids is 1. The third-order valence-electron chi connectivity index (χ3n) is 4.82. The van der Waals surface area contributed by atoms with E-state index in [1.807, 2.05) is 18.2 Å². The van der Waals surface area contributed by atoms with Gasteiger partial charge in [-0.25, -0.2) is 4.39 Å². The van der Waals surface area contributed by atoms with Crippen molar-refractivity contribution < 1.29 is 9.18 Å². The van der Waals surface area contributed by atoms with E-state index >= 15 is 0 Å². The first-order valence-electron chi connectivity index (χ1n) is 9.04. The molecule has 1 aliphatic heterocycles. The molecule has 0 aliphatic carbocycles. The van der Waals surface area contributed by atoms with Crippen LogP contribution in [0.25, 0.3) is 0 Å². The largest absolute Gasteiger partial charge is 0.352 e. The summed E-state index contributed by atoms with van der Waals surface area (Å²) in [7, 11) is 0. The first-order chi connectivity index (χ1) is 13.2. The van der Waals surface area contributed by atoms with E-state index in [0.29, 0.717) is 24.1 Å². The van der Waals surface area contributed by atoms with E-state index in [9.17, 15) is 9.18 Å².